The minimum Gasteiger partial charge on any atom is -0.477 e. The van der Waals surface area contributed by atoms with E-state index in [4.69, 9.17) is 9.51 Å². The molecular weight excluding hydrogens is 368 g/mol. The van der Waals surface area contributed by atoms with Gasteiger partial charge in [0.05, 0.1) is 16.7 Å². The van der Waals surface area contributed by atoms with Gasteiger partial charge in [0, 0.05) is 35.4 Å². The lowest BCUT2D eigenvalue weighted by molar-refractivity contribution is 0.0690. The lowest BCUT2D eigenvalue weighted by atomic mass is 10.1. The van der Waals surface area contributed by atoms with E-state index in [1.807, 2.05) is 30.7 Å². The first kappa shape index (κ1) is 17.6. The number of aromatic carboxylic acids is 1. The topological polar surface area (TPSA) is 94.0 Å². The zero-order chi connectivity index (χ0) is 20.1. The van der Waals surface area contributed by atoms with Gasteiger partial charge in [0.15, 0.2) is 0 Å². The summed E-state index contributed by atoms with van der Waals surface area (Å²) in [6, 6.07) is 5.48. The summed E-state index contributed by atoms with van der Waals surface area (Å²) in [5.74, 6) is 0.415. The molecule has 0 spiro atoms. The maximum Gasteiger partial charge on any atom is 0.354 e. The maximum atomic E-state index is 11.4. The van der Waals surface area contributed by atoms with Gasteiger partial charge in [-0.1, -0.05) is 5.16 Å². The molecule has 1 saturated carbocycles. The van der Waals surface area contributed by atoms with Crippen molar-refractivity contribution < 1.29 is 14.4 Å². The molecule has 7 heteroatoms. The molecule has 146 valence electrons. The fourth-order valence-electron chi connectivity index (χ4n) is 3.88. The van der Waals surface area contributed by atoms with E-state index in [2.05, 4.69) is 22.4 Å². The predicted molar refractivity (Wildman–Crippen MR) is 107 cm³/mol. The molecule has 0 atom stereocenters. The van der Waals surface area contributed by atoms with Crippen molar-refractivity contribution in [2.24, 2.45) is 5.92 Å². The second-order valence-corrected chi connectivity index (χ2v) is 7.67. The Morgan fingerprint density at radius 2 is 2.10 bits per heavy atom. The number of carboxylic acids is 1. The monoisotopic (exact) mass is 388 g/mol. The number of aryl methyl sites for hydroxylation is 2. The largest absolute Gasteiger partial charge is 0.477 e. The molecule has 0 unspecified atom stereocenters. The molecule has 0 amide bonds. The molecule has 4 aromatic rings. The number of fused-ring (bicyclic) bond motifs is 1. The van der Waals surface area contributed by atoms with E-state index in [0.717, 1.165) is 45.7 Å². The van der Waals surface area contributed by atoms with Gasteiger partial charge in [-0.05, 0) is 62.8 Å². The molecule has 4 aromatic heterocycles. The highest BCUT2D eigenvalue weighted by atomic mass is 16.5. The van der Waals surface area contributed by atoms with E-state index in [1.54, 1.807) is 6.07 Å². The number of rotatable bonds is 5. The lowest BCUT2D eigenvalue weighted by Crippen LogP contribution is -2.02. The predicted octanol–water partition coefficient (Wildman–Crippen LogP) is 4.34. The second-order valence-electron chi connectivity index (χ2n) is 7.67. The van der Waals surface area contributed by atoms with Crippen LogP contribution in [0.3, 0.4) is 0 Å². The highest BCUT2D eigenvalue weighted by Crippen LogP contribution is 2.37. The van der Waals surface area contributed by atoms with Gasteiger partial charge < -0.3 is 14.2 Å². The Labute approximate surface area is 167 Å². The molecule has 1 N–H and O–H groups in total. The number of hydrogen-bond acceptors (Lipinski definition) is 5. The van der Waals surface area contributed by atoms with Crippen LogP contribution in [0.1, 0.15) is 40.3 Å². The average Bonchev–Trinajstić information content (AvgIpc) is 3.37. The van der Waals surface area contributed by atoms with Crippen molar-refractivity contribution in [2.75, 3.05) is 0 Å². The Morgan fingerprint density at radius 1 is 1.28 bits per heavy atom. The summed E-state index contributed by atoms with van der Waals surface area (Å²) in [5, 5.41) is 13.4. The van der Waals surface area contributed by atoms with Gasteiger partial charge in [-0.3, -0.25) is 4.98 Å². The highest BCUT2D eigenvalue weighted by molar-refractivity contribution is 5.88. The summed E-state index contributed by atoms with van der Waals surface area (Å²) in [6.07, 6.45) is 8.96. The van der Waals surface area contributed by atoms with Gasteiger partial charge in [-0.2, -0.15) is 0 Å². The van der Waals surface area contributed by atoms with Crippen molar-refractivity contribution in [2.45, 2.75) is 33.1 Å². The van der Waals surface area contributed by atoms with Gasteiger partial charge >= 0.3 is 5.97 Å². The van der Waals surface area contributed by atoms with E-state index < -0.39 is 5.97 Å². The first-order valence-electron chi connectivity index (χ1n) is 9.64. The van der Waals surface area contributed by atoms with Crippen molar-refractivity contribution in [1.29, 1.82) is 0 Å². The molecule has 0 bridgehead atoms. The van der Waals surface area contributed by atoms with E-state index in [1.165, 1.54) is 24.6 Å². The lowest BCUT2D eigenvalue weighted by Gasteiger charge is -2.07. The Bertz CT molecular complexity index is 1230. The Morgan fingerprint density at radius 3 is 2.79 bits per heavy atom. The minimum atomic E-state index is -1.05. The molecule has 4 heterocycles. The Kier molecular flexibility index (Phi) is 3.97. The van der Waals surface area contributed by atoms with E-state index in [-0.39, 0.29) is 5.69 Å². The molecule has 0 saturated heterocycles. The van der Waals surface area contributed by atoms with Crippen LogP contribution in [0, 0.1) is 19.8 Å². The number of carboxylic acid groups (broad SMARTS) is 1. The van der Waals surface area contributed by atoms with Crippen LogP contribution in [0.4, 0.5) is 0 Å². The summed E-state index contributed by atoms with van der Waals surface area (Å²) in [7, 11) is 0. The SMILES string of the molecule is Cc1noc(C)c1-c1cnc2c(CC3CC3)cn(-c3ccnc(C(=O)O)c3)c2c1. The fraction of sp³-hybridized carbons (Fsp3) is 0.273. The van der Waals surface area contributed by atoms with Crippen molar-refractivity contribution in [3.63, 3.8) is 0 Å². The summed E-state index contributed by atoms with van der Waals surface area (Å²) in [4.78, 5) is 20.1. The number of hydrogen-bond donors (Lipinski definition) is 1. The summed E-state index contributed by atoms with van der Waals surface area (Å²) in [6.45, 7) is 3.80. The van der Waals surface area contributed by atoms with Gasteiger partial charge in [0.2, 0.25) is 0 Å². The zero-order valence-electron chi connectivity index (χ0n) is 16.2. The van der Waals surface area contributed by atoms with Crippen LogP contribution >= 0.6 is 0 Å². The molecular formula is C22H20N4O3. The van der Waals surface area contributed by atoms with Gasteiger partial charge in [0.25, 0.3) is 0 Å². The van der Waals surface area contributed by atoms with Gasteiger partial charge in [0.1, 0.15) is 11.5 Å². The van der Waals surface area contributed by atoms with Crippen molar-refractivity contribution in [3.8, 4) is 16.8 Å². The van der Waals surface area contributed by atoms with Crippen molar-refractivity contribution >= 4 is 17.0 Å². The zero-order valence-corrected chi connectivity index (χ0v) is 16.2. The van der Waals surface area contributed by atoms with Crippen LogP contribution in [0.5, 0.6) is 0 Å². The smallest absolute Gasteiger partial charge is 0.354 e. The normalized spacial score (nSPS) is 13.9. The third kappa shape index (κ3) is 3.08. The average molecular weight is 388 g/mol. The van der Waals surface area contributed by atoms with Gasteiger partial charge in [-0.15, -0.1) is 0 Å². The third-order valence-corrected chi connectivity index (χ3v) is 5.48. The molecule has 1 aliphatic carbocycles. The van der Waals surface area contributed by atoms with Crippen LogP contribution in [-0.2, 0) is 6.42 Å². The van der Waals surface area contributed by atoms with Crippen molar-refractivity contribution in [3.05, 3.63) is 59.5 Å². The first-order valence-corrected chi connectivity index (χ1v) is 9.64. The summed E-state index contributed by atoms with van der Waals surface area (Å²) < 4.78 is 7.34. The molecule has 29 heavy (non-hydrogen) atoms. The molecule has 5 rings (SSSR count). The first-order chi connectivity index (χ1) is 14.0. The maximum absolute atomic E-state index is 11.4. The molecule has 7 nitrogen and oxygen atoms in total. The fourth-order valence-corrected chi connectivity index (χ4v) is 3.88. The number of aromatic nitrogens is 4. The Balaban J connectivity index is 1.72. The molecule has 0 aliphatic heterocycles. The molecule has 1 fully saturated rings. The summed E-state index contributed by atoms with van der Waals surface area (Å²) in [5.41, 5.74) is 6.51. The van der Waals surface area contributed by atoms with E-state index >= 15 is 0 Å². The summed E-state index contributed by atoms with van der Waals surface area (Å²) >= 11 is 0. The third-order valence-electron chi connectivity index (χ3n) is 5.48. The van der Waals surface area contributed by atoms with E-state index in [0.29, 0.717) is 5.92 Å². The number of pyridine rings is 2. The van der Waals surface area contributed by atoms with Crippen LogP contribution in [0.15, 0.2) is 41.3 Å². The van der Waals surface area contributed by atoms with Gasteiger partial charge in [-0.25, -0.2) is 9.78 Å². The quantitative estimate of drug-likeness (QED) is 0.546. The van der Waals surface area contributed by atoms with Crippen LogP contribution in [0.25, 0.3) is 27.8 Å². The van der Waals surface area contributed by atoms with Crippen LogP contribution < -0.4 is 0 Å². The molecule has 0 aromatic carbocycles. The van der Waals surface area contributed by atoms with E-state index in [9.17, 15) is 9.90 Å². The Hall–Kier alpha value is -3.48. The standard InChI is InChI=1S/C22H20N4O3/c1-12-20(13(2)29-25-12)15-8-19-21(24-10-15)16(7-14-3-4-14)11-26(19)17-5-6-23-18(9-17)22(27)28/h5-6,8-11,14H,3-4,7H2,1-2H3,(H,27,28). The second kappa shape index (κ2) is 6.55. The number of carbonyl (C=O) groups is 1. The molecule has 1 aliphatic rings. The highest BCUT2D eigenvalue weighted by Gasteiger charge is 2.25. The van der Waals surface area contributed by atoms with Crippen LogP contribution in [-0.4, -0.2) is 30.8 Å². The molecule has 0 radical (unpaired) electrons. The van der Waals surface area contributed by atoms with Crippen molar-refractivity contribution in [1.82, 2.24) is 19.7 Å². The van der Waals surface area contributed by atoms with Crippen LogP contribution in [0.2, 0.25) is 0 Å². The number of nitrogens with zero attached hydrogens (tertiary/aromatic N) is 4. The minimum absolute atomic E-state index is 0.0166.